The van der Waals surface area contributed by atoms with Gasteiger partial charge in [-0.2, -0.15) is 0 Å². The first kappa shape index (κ1) is 6.56. The molecule has 0 fully saturated rings. The van der Waals surface area contributed by atoms with Crippen LogP contribution in [0.25, 0.3) is 0 Å². The summed E-state index contributed by atoms with van der Waals surface area (Å²) in [6.45, 7) is 2.03. The Morgan fingerprint density at radius 1 is 1.56 bits per heavy atom. The lowest BCUT2D eigenvalue weighted by atomic mass is 10.0. The molecule has 0 radical (unpaired) electrons. The molecule has 0 bridgehead atoms. The van der Waals surface area contributed by atoms with Crippen molar-refractivity contribution in [3.05, 3.63) is 23.8 Å². The van der Waals surface area contributed by atoms with E-state index in [4.69, 9.17) is 5.73 Å². The highest BCUT2D eigenvalue weighted by atomic mass is 14.6. The van der Waals surface area contributed by atoms with Gasteiger partial charge in [-0.1, -0.05) is 23.8 Å². The van der Waals surface area contributed by atoms with Crippen LogP contribution in [0.15, 0.2) is 23.8 Å². The van der Waals surface area contributed by atoms with Crippen molar-refractivity contribution in [1.29, 1.82) is 0 Å². The standard InChI is InChI=1S/C8H13N/c1-7(9)8-5-3-2-4-6-8/h2-3,6-7H,4-5,9H2,1H3. The van der Waals surface area contributed by atoms with E-state index in [2.05, 4.69) is 18.2 Å². The molecule has 50 valence electrons. The lowest BCUT2D eigenvalue weighted by molar-refractivity contribution is 0.820. The molecule has 0 aliphatic heterocycles. The molecule has 1 unspecified atom stereocenters. The van der Waals surface area contributed by atoms with Gasteiger partial charge in [0.15, 0.2) is 0 Å². The average molecular weight is 123 g/mol. The number of hydrogen-bond donors (Lipinski definition) is 1. The number of rotatable bonds is 1. The van der Waals surface area contributed by atoms with Gasteiger partial charge in [0, 0.05) is 6.04 Å². The fraction of sp³-hybridized carbons (Fsp3) is 0.500. The zero-order valence-electron chi connectivity index (χ0n) is 5.80. The van der Waals surface area contributed by atoms with Crippen LogP contribution in [0, 0.1) is 0 Å². The van der Waals surface area contributed by atoms with E-state index in [9.17, 15) is 0 Å². The summed E-state index contributed by atoms with van der Waals surface area (Å²) in [5.41, 5.74) is 7.04. The Morgan fingerprint density at radius 3 is 2.67 bits per heavy atom. The second-order valence-corrected chi connectivity index (χ2v) is 2.48. The molecule has 0 saturated carbocycles. The summed E-state index contributed by atoms with van der Waals surface area (Å²) >= 11 is 0. The van der Waals surface area contributed by atoms with Crippen molar-refractivity contribution in [3.63, 3.8) is 0 Å². The van der Waals surface area contributed by atoms with E-state index in [0.29, 0.717) is 0 Å². The zero-order valence-corrected chi connectivity index (χ0v) is 5.80. The van der Waals surface area contributed by atoms with Gasteiger partial charge in [0.1, 0.15) is 0 Å². The third kappa shape index (κ3) is 1.68. The summed E-state index contributed by atoms with van der Waals surface area (Å²) in [7, 11) is 0. The molecule has 1 heteroatoms. The Bertz CT molecular complexity index is 143. The first-order valence-corrected chi connectivity index (χ1v) is 3.40. The van der Waals surface area contributed by atoms with E-state index in [1.165, 1.54) is 5.57 Å². The van der Waals surface area contributed by atoms with Crippen LogP contribution in [0.1, 0.15) is 19.8 Å². The minimum atomic E-state index is 0.245. The summed E-state index contributed by atoms with van der Waals surface area (Å²) in [5.74, 6) is 0. The van der Waals surface area contributed by atoms with Crippen LogP contribution in [-0.4, -0.2) is 6.04 Å². The van der Waals surface area contributed by atoms with Crippen molar-refractivity contribution in [2.45, 2.75) is 25.8 Å². The van der Waals surface area contributed by atoms with Gasteiger partial charge in [0.05, 0.1) is 0 Å². The van der Waals surface area contributed by atoms with Crippen LogP contribution < -0.4 is 5.73 Å². The highest BCUT2D eigenvalue weighted by Gasteiger charge is 2.01. The normalized spacial score (nSPS) is 21.3. The zero-order chi connectivity index (χ0) is 6.69. The van der Waals surface area contributed by atoms with Crippen LogP contribution in [-0.2, 0) is 0 Å². The van der Waals surface area contributed by atoms with Crippen LogP contribution in [0.5, 0.6) is 0 Å². The summed E-state index contributed by atoms with van der Waals surface area (Å²) in [5, 5.41) is 0. The first-order valence-electron chi connectivity index (χ1n) is 3.40. The van der Waals surface area contributed by atoms with Gasteiger partial charge in [-0.05, 0) is 19.8 Å². The second kappa shape index (κ2) is 2.83. The predicted octanol–water partition coefficient (Wildman–Crippen LogP) is 1.61. The minimum absolute atomic E-state index is 0.245. The molecule has 0 saturated heterocycles. The molecule has 1 rings (SSSR count). The lowest BCUT2D eigenvalue weighted by Gasteiger charge is -2.10. The molecule has 1 aliphatic carbocycles. The number of nitrogens with two attached hydrogens (primary N) is 1. The molecule has 0 aromatic carbocycles. The molecule has 0 spiro atoms. The lowest BCUT2D eigenvalue weighted by Crippen LogP contribution is -2.18. The van der Waals surface area contributed by atoms with Crippen LogP contribution in [0.2, 0.25) is 0 Å². The molecule has 0 aromatic rings. The maximum absolute atomic E-state index is 5.66. The van der Waals surface area contributed by atoms with Crippen molar-refractivity contribution in [3.8, 4) is 0 Å². The van der Waals surface area contributed by atoms with Crippen LogP contribution in [0.3, 0.4) is 0 Å². The summed E-state index contributed by atoms with van der Waals surface area (Å²) < 4.78 is 0. The van der Waals surface area contributed by atoms with Crippen molar-refractivity contribution < 1.29 is 0 Å². The fourth-order valence-corrected chi connectivity index (χ4v) is 0.990. The number of hydrogen-bond acceptors (Lipinski definition) is 1. The maximum Gasteiger partial charge on any atom is 0.0227 e. The molecule has 1 nitrogen and oxygen atoms in total. The van der Waals surface area contributed by atoms with Crippen molar-refractivity contribution >= 4 is 0 Å². The highest BCUT2D eigenvalue weighted by molar-refractivity contribution is 5.18. The quantitative estimate of drug-likeness (QED) is 0.527. The topological polar surface area (TPSA) is 26.0 Å². The summed E-state index contributed by atoms with van der Waals surface area (Å²) in [6.07, 6.45) is 8.68. The van der Waals surface area contributed by atoms with Gasteiger partial charge in [0.2, 0.25) is 0 Å². The van der Waals surface area contributed by atoms with Crippen molar-refractivity contribution in [2.75, 3.05) is 0 Å². The van der Waals surface area contributed by atoms with E-state index in [0.717, 1.165) is 12.8 Å². The summed E-state index contributed by atoms with van der Waals surface area (Å²) in [6, 6.07) is 0.245. The minimum Gasteiger partial charge on any atom is -0.324 e. The molecule has 1 atom stereocenters. The predicted molar refractivity (Wildman–Crippen MR) is 40.1 cm³/mol. The van der Waals surface area contributed by atoms with E-state index >= 15 is 0 Å². The van der Waals surface area contributed by atoms with E-state index in [1.54, 1.807) is 0 Å². The smallest absolute Gasteiger partial charge is 0.0227 e. The van der Waals surface area contributed by atoms with Gasteiger partial charge in [0.25, 0.3) is 0 Å². The van der Waals surface area contributed by atoms with Crippen molar-refractivity contribution in [1.82, 2.24) is 0 Å². The number of allylic oxidation sites excluding steroid dienone is 3. The van der Waals surface area contributed by atoms with Gasteiger partial charge >= 0.3 is 0 Å². The average Bonchev–Trinajstić information content (AvgIpc) is 1.90. The SMILES string of the molecule is CC(N)C1=CCC=CC1. The Kier molecular flexibility index (Phi) is 2.06. The van der Waals surface area contributed by atoms with Crippen molar-refractivity contribution in [2.24, 2.45) is 5.73 Å². The molecule has 0 amide bonds. The molecule has 2 N–H and O–H groups in total. The largest absolute Gasteiger partial charge is 0.324 e. The van der Waals surface area contributed by atoms with Gasteiger partial charge in [-0.15, -0.1) is 0 Å². The van der Waals surface area contributed by atoms with Gasteiger partial charge in [-0.25, -0.2) is 0 Å². The monoisotopic (exact) mass is 123 g/mol. The highest BCUT2D eigenvalue weighted by Crippen LogP contribution is 2.12. The van der Waals surface area contributed by atoms with Crippen LogP contribution >= 0.6 is 0 Å². The van der Waals surface area contributed by atoms with E-state index in [-0.39, 0.29) is 6.04 Å². The third-order valence-electron chi connectivity index (χ3n) is 1.62. The van der Waals surface area contributed by atoms with Gasteiger partial charge < -0.3 is 5.73 Å². The Hall–Kier alpha value is -0.560. The van der Waals surface area contributed by atoms with Gasteiger partial charge in [-0.3, -0.25) is 0 Å². The molecule has 0 aromatic heterocycles. The first-order chi connectivity index (χ1) is 4.30. The molecule has 0 heterocycles. The second-order valence-electron chi connectivity index (χ2n) is 2.48. The Morgan fingerprint density at radius 2 is 2.33 bits per heavy atom. The fourth-order valence-electron chi connectivity index (χ4n) is 0.990. The van der Waals surface area contributed by atoms with Crippen LogP contribution in [0.4, 0.5) is 0 Å². The maximum atomic E-state index is 5.66. The third-order valence-corrected chi connectivity index (χ3v) is 1.62. The Balaban J connectivity index is 2.50. The Labute approximate surface area is 56.2 Å². The molecular formula is C8H13N. The molecule has 1 aliphatic rings. The summed E-state index contributed by atoms with van der Waals surface area (Å²) in [4.78, 5) is 0. The van der Waals surface area contributed by atoms with E-state index in [1.807, 2.05) is 6.92 Å². The molecule has 9 heavy (non-hydrogen) atoms. The van der Waals surface area contributed by atoms with E-state index < -0.39 is 0 Å². The molecular weight excluding hydrogens is 110 g/mol.